The molecule has 18 heavy (non-hydrogen) atoms. The molecule has 3 heteroatoms. The van der Waals surface area contributed by atoms with E-state index in [0.717, 1.165) is 16.9 Å². The van der Waals surface area contributed by atoms with Crippen LogP contribution in [0.5, 0.6) is 5.75 Å². The zero-order valence-corrected chi connectivity index (χ0v) is 11.5. The van der Waals surface area contributed by atoms with Gasteiger partial charge in [0.15, 0.2) is 0 Å². The first kappa shape index (κ1) is 13.1. The van der Waals surface area contributed by atoms with Crippen molar-refractivity contribution in [1.82, 2.24) is 0 Å². The van der Waals surface area contributed by atoms with Gasteiger partial charge in [0.05, 0.1) is 6.10 Å². The topological polar surface area (TPSA) is 29.5 Å². The second-order valence-electron chi connectivity index (χ2n) is 4.01. The van der Waals surface area contributed by atoms with Gasteiger partial charge in [-0.15, -0.1) is 0 Å². The van der Waals surface area contributed by atoms with Crippen molar-refractivity contribution in [1.29, 1.82) is 0 Å². The van der Waals surface area contributed by atoms with Crippen molar-refractivity contribution < 1.29 is 9.84 Å². The van der Waals surface area contributed by atoms with Crippen molar-refractivity contribution in [2.24, 2.45) is 0 Å². The van der Waals surface area contributed by atoms with Gasteiger partial charge < -0.3 is 9.84 Å². The number of halogens is 1. The summed E-state index contributed by atoms with van der Waals surface area (Å²) in [5.74, 6) is 0.810. The van der Waals surface area contributed by atoms with E-state index in [9.17, 15) is 5.11 Å². The summed E-state index contributed by atoms with van der Waals surface area (Å²) in [5, 5.41) is 10.2. The Morgan fingerprint density at radius 2 is 1.67 bits per heavy atom. The second-order valence-corrected chi connectivity index (χ2v) is 4.66. The van der Waals surface area contributed by atoms with Crippen LogP contribution < -0.4 is 4.74 Å². The largest absolute Gasteiger partial charge is 0.489 e. The predicted octanol–water partition coefficient (Wildman–Crippen LogP) is 3.69. The molecule has 1 unspecified atom stereocenters. The SMILES string of the molecule is OC(CBr)c1ccc(OCc2ccccc2)cc1. The summed E-state index contributed by atoms with van der Waals surface area (Å²) < 4.78 is 5.67. The third-order valence-electron chi connectivity index (χ3n) is 2.66. The molecule has 2 nitrogen and oxygen atoms in total. The van der Waals surface area contributed by atoms with Crippen LogP contribution in [0.4, 0.5) is 0 Å². The molecule has 1 N–H and O–H groups in total. The molecular weight excluding hydrogens is 292 g/mol. The summed E-state index contributed by atoms with van der Waals surface area (Å²) in [5.41, 5.74) is 2.03. The lowest BCUT2D eigenvalue weighted by atomic mass is 10.1. The van der Waals surface area contributed by atoms with Crippen LogP contribution in [0.15, 0.2) is 54.6 Å². The molecule has 0 fully saturated rings. The van der Waals surface area contributed by atoms with E-state index < -0.39 is 6.10 Å². The minimum Gasteiger partial charge on any atom is -0.489 e. The van der Waals surface area contributed by atoms with Crippen LogP contribution in [0.2, 0.25) is 0 Å². The minimum atomic E-state index is -0.465. The average molecular weight is 307 g/mol. The fourth-order valence-electron chi connectivity index (χ4n) is 1.62. The zero-order valence-electron chi connectivity index (χ0n) is 9.92. The Morgan fingerprint density at radius 3 is 2.28 bits per heavy atom. The van der Waals surface area contributed by atoms with Crippen LogP contribution >= 0.6 is 15.9 Å². The van der Waals surface area contributed by atoms with Gasteiger partial charge in [-0.2, -0.15) is 0 Å². The highest BCUT2D eigenvalue weighted by Gasteiger charge is 2.05. The molecule has 0 saturated heterocycles. The summed E-state index contributed by atoms with van der Waals surface area (Å²) in [7, 11) is 0. The summed E-state index contributed by atoms with van der Waals surface area (Å²) in [6.45, 7) is 0.557. The van der Waals surface area contributed by atoms with Gasteiger partial charge in [-0.1, -0.05) is 58.4 Å². The van der Waals surface area contributed by atoms with Crippen LogP contribution in [0.25, 0.3) is 0 Å². The van der Waals surface area contributed by atoms with Gasteiger partial charge >= 0.3 is 0 Å². The Morgan fingerprint density at radius 1 is 1.00 bits per heavy atom. The van der Waals surface area contributed by atoms with E-state index >= 15 is 0 Å². The summed E-state index contributed by atoms with van der Waals surface area (Å²) in [4.78, 5) is 0. The Balaban J connectivity index is 1.94. The number of rotatable bonds is 5. The van der Waals surface area contributed by atoms with Crippen molar-refractivity contribution in [2.75, 3.05) is 5.33 Å². The number of hydrogen-bond acceptors (Lipinski definition) is 2. The number of hydrogen-bond donors (Lipinski definition) is 1. The van der Waals surface area contributed by atoms with E-state index in [4.69, 9.17) is 4.74 Å². The van der Waals surface area contributed by atoms with Gasteiger partial charge in [-0.3, -0.25) is 0 Å². The molecule has 2 aromatic rings. The van der Waals surface area contributed by atoms with Crippen LogP contribution in [0, 0.1) is 0 Å². The summed E-state index contributed by atoms with van der Waals surface area (Å²) in [6.07, 6.45) is -0.465. The van der Waals surface area contributed by atoms with Crippen LogP contribution in [0.1, 0.15) is 17.2 Å². The Hall–Kier alpha value is -1.32. The highest BCUT2D eigenvalue weighted by atomic mass is 79.9. The van der Waals surface area contributed by atoms with E-state index in [1.54, 1.807) is 0 Å². The van der Waals surface area contributed by atoms with Crippen molar-refractivity contribution in [3.05, 3.63) is 65.7 Å². The molecule has 0 bridgehead atoms. The smallest absolute Gasteiger partial charge is 0.119 e. The van der Waals surface area contributed by atoms with Crippen molar-refractivity contribution in [3.63, 3.8) is 0 Å². The van der Waals surface area contributed by atoms with Gasteiger partial charge in [-0.05, 0) is 23.3 Å². The molecule has 0 spiro atoms. The highest BCUT2D eigenvalue weighted by molar-refractivity contribution is 9.09. The first-order valence-corrected chi connectivity index (χ1v) is 6.92. The maximum Gasteiger partial charge on any atom is 0.119 e. The molecule has 0 aliphatic heterocycles. The third-order valence-corrected chi connectivity index (χ3v) is 3.27. The van der Waals surface area contributed by atoms with Crippen LogP contribution in [-0.2, 0) is 6.61 Å². The maximum atomic E-state index is 9.64. The summed E-state index contributed by atoms with van der Waals surface area (Å²) in [6, 6.07) is 17.6. The lowest BCUT2D eigenvalue weighted by Crippen LogP contribution is -1.99. The second kappa shape index (κ2) is 6.57. The zero-order chi connectivity index (χ0) is 12.8. The van der Waals surface area contributed by atoms with E-state index in [1.807, 2.05) is 54.6 Å². The summed E-state index contributed by atoms with van der Waals surface area (Å²) >= 11 is 3.25. The quantitative estimate of drug-likeness (QED) is 0.854. The Bertz CT molecular complexity index is 468. The fraction of sp³-hybridized carbons (Fsp3) is 0.200. The monoisotopic (exact) mass is 306 g/mol. The number of benzene rings is 2. The normalized spacial score (nSPS) is 12.1. The van der Waals surface area contributed by atoms with Crippen LogP contribution in [0.3, 0.4) is 0 Å². The average Bonchev–Trinajstić information content (AvgIpc) is 2.46. The number of ether oxygens (including phenoxy) is 1. The molecule has 0 radical (unpaired) electrons. The van der Waals surface area contributed by atoms with E-state index in [-0.39, 0.29) is 0 Å². The molecule has 1 atom stereocenters. The molecule has 2 aromatic carbocycles. The molecule has 0 aliphatic rings. The van der Waals surface area contributed by atoms with E-state index in [2.05, 4.69) is 15.9 Å². The van der Waals surface area contributed by atoms with Crippen LogP contribution in [-0.4, -0.2) is 10.4 Å². The molecule has 0 heterocycles. The standard InChI is InChI=1S/C15H15BrO2/c16-10-15(17)13-6-8-14(9-7-13)18-11-12-4-2-1-3-5-12/h1-9,15,17H,10-11H2. The number of aliphatic hydroxyl groups excluding tert-OH is 1. The van der Waals surface area contributed by atoms with Gasteiger partial charge in [0.1, 0.15) is 12.4 Å². The van der Waals surface area contributed by atoms with Gasteiger partial charge in [0, 0.05) is 5.33 Å². The molecule has 2 rings (SSSR count). The van der Waals surface area contributed by atoms with Gasteiger partial charge in [0.2, 0.25) is 0 Å². The molecule has 0 aromatic heterocycles. The first-order valence-electron chi connectivity index (χ1n) is 5.80. The first-order chi connectivity index (χ1) is 8.79. The Labute approximate surface area is 115 Å². The number of alkyl halides is 1. The van der Waals surface area contributed by atoms with Gasteiger partial charge in [0.25, 0.3) is 0 Å². The van der Waals surface area contributed by atoms with E-state index in [0.29, 0.717) is 11.9 Å². The van der Waals surface area contributed by atoms with E-state index in [1.165, 1.54) is 0 Å². The fourth-order valence-corrected chi connectivity index (χ4v) is 1.99. The van der Waals surface area contributed by atoms with Crippen molar-refractivity contribution in [2.45, 2.75) is 12.7 Å². The molecule has 0 amide bonds. The molecule has 94 valence electrons. The van der Waals surface area contributed by atoms with Gasteiger partial charge in [-0.25, -0.2) is 0 Å². The maximum absolute atomic E-state index is 9.64. The van der Waals surface area contributed by atoms with Crippen molar-refractivity contribution in [3.8, 4) is 5.75 Å². The number of aliphatic hydroxyl groups is 1. The minimum absolute atomic E-state index is 0.465. The lowest BCUT2D eigenvalue weighted by Gasteiger charge is -2.09. The molecule has 0 saturated carbocycles. The highest BCUT2D eigenvalue weighted by Crippen LogP contribution is 2.19. The third kappa shape index (κ3) is 3.59. The lowest BCUT2D eigenvalue weighted by molar-refractivity contribution is 0.205. The molecule has 0 aliphatic carbocycles. The molecular formula is C15H15BrO2. The van der Waals surface area contributed by atoms with Crippen molar-refractivity contribution >= 4 is 15.9 Å². The predicted molar refractivity (Wildman–Crippen MR) is 76.0 cm³/mol. The Kier molecular flexibility index (Phi) is 4.79.